The first-order valence-electron chi connectivity index (χ1n) is 9.58. The summed E-state index contributed by atoms with van der Waals surface area (Å²) in [6.45, 7) is 9.41. The molecule has 5 heteroatoms. The van der Waals surface area contributed by atoms with Crippen LogP contribution in [0.15, 0.2) is 47.6 Å². The molecule has 1 aliphatic carbocycles. The minimum absolute atomic E-state index is 0.0481. The van der Waals surface area contributed by atoms with E-state index in [9.17, 15) is 18.0 Å². The zero-order chi connectivity index (χ0) is 20.2. The van der Waals surface area contributed by atoms with Gasteiger partial charge in [-0.25, -0.2) is 0 Å². The number of amides is 1. The van der Waals surface area contributed by atoms with E-state index in [1.807, 2.05) is 31.7 Å². The molecule has 0 saturated heterocycles. The van der Waals surface area contributed by atoms with Gasteiger partial charge in [-0.3, -0.25) is 4.79 Å². The van der Waals surface area contributed by atoms with Crippen molar-refractivity contribution in [1.82, 2.24) is 4.90 Å². The van der Waals surface area contributed by atoms with E-state index in [1.54, 1.807) is 0 Å². The SMILES string of the molecule is C/C=C\C1=C(C)CCN(C(=O)C2CC2c2ccc(C(F)(F)F)cc2)C1.CC. The van der Waals surface area contributed by atoms with Gasteiger partial charge in [-0.2, -0.15) is 13.2 Å². The molecule has 0 aromatic heterocycles. The largest absolute Gasteiger partial charge is 0.416 e. The first kappa shape index (κ1) is 21.3. The number of rotatable bonds is 3. The monoisotopic (exact) mass is 379 g/mol. The number of benzene rings is 1. The van der Waals surface area contributed by atoms with Gasteiger partial charge in [-0.05, 0) is 55.9 Å². The Balaban J connectivity index is 0.00000126. The van der Waals surface area contributed by atoms with Crippen molar-refractivity contribution in [3.05, 3.63) is 58.7 Å². The molecule has 1 fully saturated rings. The standard InChI is InChI=1S/C20H22F3NO.C2H6/c1-3-4-15-12-24(10-9-13(15)2)19(25)18-11-17(18)14-5-7-16(8-6-14)20(21,22)23;1-2/h3-8,17-18H,9-12H2,1-2H3;1-2H3/b4-3-;. The number of hydrogen-bond donors (Lipinski definition) is 0. The van der Waals surface area contributed by atoms with E-state index in [0.717, 1.165) is 37.1 Å². The average molecular weight is 379 g/mol. The maximum absolute atomic E-state index is 12.7. The van der Waals surface area contributed by atoms with Gasteiger partial charge in [-0.1, -0.05) is 43.7 Å². The van der Waals surface area contributed by atoms with Crippen LogP contribution in [0.3, 0.4) is 0 Å². The van der Waals surface area contributed by atoms with Gasteiger partial charge in [0.05, 0.1) is 5.56 Å². The Morgan fingerprint density at radius 2 is 1.81 bits per heavy atom. The highest BCUT2D eigenvalue weighted by Gasteiger charge is 2.46. The van der Waals surface area contributed by atoms with E-state index in [4.69, 9.17) is 0 Å². The van der Waals surface area contributed by atoms with Gasteiger partial charge in [0.25, 0.3) is 0 Å². The minimum Gasteiger partial charge on any atom is -0.338 e. The highest BCUT2D eigenvalue weighted by atomic mass is 19.4. The number of halogens is 3. The summed E-state index contributed by atoms with van der Waals surface area (Å²) in [4.78, 5) is 14.6. The van der Waals surface area contributed by atoms with Crippen molar-refractivity contribution in [3.8, 4) is 0 Å². The molecule has 148 valence electrons. The second-order valence-electron chi connectivity index (χ2n) is 6.88. The molecule has 2 nitrogen and oxygen atoms in total. The van der Waals surface area contributed by atoms with Crippen LogP contribution in [-0.2, 0) is 11.0 Å². The zero-order valence-electron chi connectivity index (χ0n) is 16.4. The van der Waals surface area contributed by atoms with Crippen molar-refractivity contribution in [1.29, 1.82) is 0 Å². The number of carbonyl (C=O) groups is 1. The molecule has 2 atom stereocenters. The van der Waals surface area contributed by atoms with Crippen molar-refractivity contribution < 1.29 is 18.0 Å². The maximum Gasteiger partial charge on any atom is 0.416 e. The summed E-state index contributed by atoms with van der Waals surface area (Å²) in [6.07, 6.45) is 1.31. The van der Waals surface area contributed by atoms with Crippen LogP contribution in [0.1, 0.15) is 57.6 Å². The Morgan fingerprint density at radius 1 is 1.19 bits per heavy atom. The van der Waals surface area contributed by atoms with E-state index in [2.05, 4.69) is 13.0 Å². The lowest BCUT2D eigenvalue weighted by atomic mass is 10.00. The molecule has 0 N–H and O–H groups in total. The topological polar surface area (TPSA) is 20.3 Å². The molecular weight excluding hydrogens is 351 g/mol. The second-order valence-corrected chi connectivity index (χ2v) is 6.88. The number of nitrogens with zero attached hydrogens (tertiary/aromatic N) is 1. The Labute approximate surface area is 159 Å². The molecule has 3 rings (SSSR count). The van der Waals surface area contributed by atoms with Gasteiger partial charge in [0.2, 0.25) is 5.91 Å². The van der Waals surface area contributed by atoms with E-state index in [-0.39, 0.29) is 17.7 Å². The Kier molecular flexibility index (Phi) is 6.90. The molecule has 0 radical (unpaired) electrons. The van der Waals surface area contributed by atoms with Crippen LogP contribution in [0.5, 0.6) is 0 Å². The third kappa shape index (κ3) is 5.02. The van der Waals surface area contributed by atoms with E-state index in [1.165, 1.54) is 23.3 Å². The van der Waals surface area contributed by atoms with Gasteiger partial charge >= 0.3 is 6.18 Å². The van der Waals surface area contributed by atoms with E-state index >= 15 is 0 Å². The Morgan fingerprint density at radius 3 is 2.37 bits per heavy atom. The van der Waals surface area contributed by atoms with E-state index in [0.29, 0.717) is 6.54 Å². The van der Waals surface area contributed by atoms with Crippen molar-refractivity contribution in [2.75, 3.05) is 13.1 Å². The van der Waals surface area contributed by atoms with Gasteiger partial charge in [0.1, 0.15) is 0 Å². The molecule has 2 unspecified atom stereocenters. The quantitative estimate of drug-likeness (QED) is 0.634. The summed E-state index contributed by atoms with van der Waals surface area (Å²) in [7, 11) is 0. The molecule has 27 heavy (non-hydrogen) atoms. The molecule has 1 amide bonds. The first-order valence-corrected chi connectivity index (χ1v) is 9.58. The molecule has 1 aliphatic heterocycles. The molecule has 1 aromatic carbocycles. The number of carbonyl (C=O) groups excluding carboxylic acids is 1. The van der Waals surface area contributed by atoms with Gasteiger partial charge < -0.3 is 4.90 Å². The van der Waals surface area contributed by atoms with Gasteiger partial charge in [0.15, 0.2) is 0 Å². The van der Waals surface area contributed by atoms with Crippen LogP contribution in [-0.4, -0.2) is 23.9 Å². The van der Waals surface area contributed by atoms with Crippen molar-refractivity contribution in [3.63, 3.8) is 0 Å². The maximum atomic E-state index is 12.7. The van der Waals surface area contributed by atoms with Crippen LogP contribution in [0.2, 0.25) is 0 Å². The van der Waals surface area contributed by atoms with Crippen LogP contribution in [0.4, 0.5) is 13.2 Å². The highest BCUT2D eigenvalue weighted by molar-refractivity contribution is 5.83. The van der Waals surface area contributed by atoms with Gasteiger partial charge in [0, 0.05) is 19.0 Å². The molecule has 0 spiro atoms. The fraction of sp³-hybridized carbons (Fsp3) is 0.500. The smallest absolute Gasteiger partial charge is 0.338 e. The predicted molar refractivity (Wildman–Crippen MR) is 102 cm³/mol. The fourth-order valence-corrected chi connectivity index (χ4v) is 3.46. The molecule has 1 aromatic rings. The molecule has 0 bridgehead atoms. The predicted octanol–water partition coefficient (Wildman–Crippen LogP) is 5.96. The number of hydrogen-bond acceptors (Lipinski definition) is 1. The molecular formula is C22H28F3NO. The van der Waals surface area contributed by atoms with Crippen LogP contribution in [0.25, 0.3) is 0 Å². The zero-order valence-corrected chi connectivity index (χ0v) is 16.4. The fourth-order valence-electron chi connectivity index (χ4n) is 3.46. The molecule has 2 aliphatic rings. The lowest BCUT2D eigenvalue weighted by Crippen LogP contribution is -2.37. The average Bonchev–Trinajstić information content (AvgIpc) is 3.45. The Bertz CT molecular complexity index is 716. The summed E-state index contributed by atoms with van der Waals surface area (Å²) >= 11 is 0. The van der Waals surface area contributed by atoms with Crippen molar-refractivity contribution >= 4 is 5.91 Å². The molecule has 1 saturated carbocycles. The lowest BCUT2D eigenvalue weighted by molar-refractivity contribution is -0.137. The normalized spacial score (nSPS) is 22.6. The third-order valence-corrected chi connectivity index (χ3v) is 5.12. The highest BCUT2D eigenvalue weighted by Crippen LogP contribution is 2.49. The summed E-state index contributed by atoms with van der Waals surface area (Å²) < 4.78 is 37.9. The first-order chi connectivity index (χ1) is 12.8. The van der Waals surface area contributed by atoms with Crippen LogP contribution >= 0.6 is 0 Å². The van der Waals surface area contributed by atoms with E-state index < -0.39 is 11.7 Å². The summed E-state index contributed by atoms with van der Waals surface area (Å²) in [5.74, 6) is 0.0772. The summed E-state index contributed by atoms with van der Waals surface area (Å²) in [5.41, 5.74) is 2.68. The Hall–Kier alpha value is -2.04. The summed E-state index contributed by atoms with van der Waals surface area (Å²) in [5, 5.41) is 0. The van der Waals surface area contributed by atoms with Crippen molar-refractivity contribution in [2.45, 2.75) is 52.6 Å². The molecule has 1 heterocycles. The van der Waals surface area contributed by atoms with Crippen molar-refractivity contribution in [2.24, 2.45) is 5.92 Å². The van der Waals surface area contributed by atoms with Crippen LogP contribution < -0.4 is 0 Å². The lowest BCUT2D eigenvalue weighted by Gasteiger charge is -2.29. The van der Waals surface area contributed by atoms with Gasteiger partial charge in [-0.15, -0.1) is 0 Å². The number of allylic oxidation sites excluding steroid dienone is 1. The second kappa shape index (κ2) is 8.77. The van der Waals surface area contributed by atoms with Crippen LogP contribution in [0, 0.1) is 5.92 Å². The summed E-state index contributed by atoms with van der Waals surface area (Å²) in [6, 6.07) is 5.22. The third-order valence-electron chi connectivity index (χ3n) is 5.12. The minimum atomic E-state index is -4.32. The number of alkyl halides is 3.